The first-order valence-corrected chi connectivity index (χ1v) is 20.3. The smallest absolute Gasteiger partial charge is 0.277 e. The molecule has 1 aliphatic heterocycles. The van der Waals surface area contributed by atoms with Crippen molar-refractivity contribution in [1.29, 1.82) is 0 Å². The Morgan fingerprint density at radius 2 is 1.81 bits per heavy atom. The Labute approximate surface area is 339 Å². The highest BCUT2D eigenvalue weighted by Gasteiger charge is 2.44. The van der Waals surface area contributed by atoms with Gasteiger partial charge in [0.1, 0.15) is 12.3 Å². The van der Waals surface area contributed by atoms with Crippen molar-refractivity contribution in [2.75, 3.05) is 13.6 Å². The maximum Gasteiger partial charge on any atom is 0.277 e. The van der Waals surface area contributed by atoms with E-state index in [0.717, 1.165) is 52.9 Å². The molecule has 301 valence electrons. The summed E-state index contributed by atoms with van der Waals surface area (Å²) in [6.07, 6.45) is 9.50. The van der Waals surface area contributed by atoms with Crippen molar-refractivity contribution in [3.8, 4) is 21.9 Å². The van der Waals surface area contributed by atoms with Crippen molar-refractivity contribution < 1.29 is 23.9 Å². The van der Waals surface area contributed by atoms with Gasteiger partial charge in [0.25, 0.3) is 5.91 Å². The van der Waals surface area contributed by atoms with Gasteiger partial charge in [-0.1, -0.05) is 63.7 Å². The topological polar surface area (TPSA) is 178 Å². The number of rotatable bonds is 14. The van der Waals surface area contributed by atoms with E-state index in [2.05, 4.69) is 36.2 Å². The summed E-state index contributed by atoms with van der Waals surface area (Å²) in [6, 6.07) is 10.4. The van der Waals surface area contributed by atoms with Gasteiger partial charge in [-0.3, -0.25) is 19.4 Å². The van der Waals surface area contributed by atoms with Gasteiger partial charge in [0.15, 0.2) is 5.69 Å². The molecule has 5 N–H and O–H groups in total. The number of hydrogen-bond acceptors (Lipinski definition) is 12. The van der Waals surface area contributed by atoms with Crippen LogP contribution in [0.15, 0.2) is 76.9 Å². The van der Waals surface area contributed by atoms with Crippen LogP contribution >= 0.6 is 11.3 Å². The number of aromatic nitrogens is 3. The Morgan fingerprint density at radius 1 is 1.09 bits per heavy atom. The number of amides is 3. The van der Waals surface area contributed by atoms with E-state index in [1.807, 2.05) is 90.1 Å². The van der Waals surface area contributed by atoms with Crippen LogP contribution in [0, 0.1) is 12.3 Å². The van der Waals surface area contributed by atoms with Gasteiger partial charge in [0.05, 0.1) is 28.2 Å². The maximum absolute atomic E-state index is 14.2. The highest BCUT2D eigenvalue weighted by molar-refractivity contribution is 7.13. The molecule has 16 heteroatoms. The van der Waals surface area contributed by atoms with Crippen molar-refractivity contribution in [2.45, 2.75) is 103 Å². The third-order valence-electron chi connectivity index (χ3n) is 10.6. The van der Waals surface area contributed by atoms with Gasteiger partial charge < -0.3 is 35.3 Å². The number of hydrazine groups is 1. The van der Waals surface area contributed by atoms with Gasteiger partial charge >= 0.3 is 0 Å². The van der Waals surface area contributed by atoms with Crippen molar-refractivity contribution in [3.05, 3.63) is 89.4 Å². The van der Waals surface area contributed by atoms with E-state index >= 15 is 0 Å². The SMILES string of the molecule is CNN(/C=C(\C)NC(=O)c1coc(-c2ccncc2)n1)C1CCC([B]N[C@H](C(=O)N2C[C@H](O)C[C@H]2C(=O)NCc2ccc(-c3scnc3C)cc2)C(C)(C)C)CC1. The number of benzene rings is 1. The normalized spacial score (nSPS) is 20.5. The standard InChI is InChI=1S/C41H53BN9O5S/c1-25(47-37(53)33-23-56-39(48-33)29-15-17-44-18-16-29)21-51(43-6)31-13-11-30(12-14-31)42-49-36(41(3,4)5)40(55)50-22-32(52)19-34(50)38(54)45-20-27-7-9-28(10-8-27)35-26(2)46-24-57-35/h7-10,15-18,21,23-24,30-32,34,36,43,49,52H,11-14,19-20,22H2,1-6H3,(H,45,54)(H,47,53)/b25-21+/t30?,31?,32-,34+,36-/m1/s1. The fraction of sp³-hybridized carbons (Fsp3) is 0.463. The van der Waals surface area contributed by atoms with Gasteiger partial charge in [0, 0.05) is 62.5 Å². The number of thiazole rings is 1. The number of carbonyl (C=O) groups excluding carboxylic acids is 3. The van der Waals surface area contributed by atoms with Crippen LogP contribution in [0.25, 0.3) is 21.9 Å². The number of allylic oxidation sites excluding steroid dienone is 1. The summed E-state index contributed by atoms with van der Waals surface area (Å²) in [6.45, 7) is 10.3. The molecule has 3 amide bonds. The lowest BCUT2D eigenvalue weighted by atomic mass is 9.65. The first-order valence-electron chi connectivity index (χ1n) is 19.5. The van der Waals surface area contributed by atoms with E-state index in [-0.39, 0.29) is 48.2 Å². The van der Waals surface area contributed by atoms with Crippen LogP contribution < -0.4 is 21.3 Å². The monoisotopic (exact) mass is 794 g/mol. The van der Waals surface area contributed by atoms with Crippen LogP contribution in [0.5, 0.6) is 0 Å². The average molecular weight is 795 g/mol. The highest BCUT2D eigenvalue weighted by Crippen LogP contribution is 2.32. The summed E-state index contributed by atoms with van der Waals surface area (Å²) < 4.78 is 5.51. The lowest BCUT2D eigenvalue weighted by Gasteiger charge is -2.38. The molecule has 14 nitrogen and oxygen atoms in total. The molecule has 3 aromatic heterocycles. The largest absolute Gasteiger partial charge is 0.444 e. The molecular formula is C41H53BN9O5S. The number of nitrogens with zero attached hydrogens (tertiary/aromatic N) is 5. The highest BCUT2D eigenvalue weighted by atomic mass is 32.1. The predicted molar refractivity (Wildman–Crippen MR) is 220 cm³/mol. The molecule has 3 atom stereocenters. The molecule has 1 radical (unpaired) electrons. The maximum atomic E-state index is 14.2. The number of hydrogen-bond donors (Lipinski definition) is 5. The second kappa shape index (κ2) is 18.6. The molecule has 1 aliphatic carbocycles. The van der Waals surface area contributed by atoms with E-state index in [1.165, 1.54) is 6.26 Å². The van der Waals surface area contributed by atoms with Crippen LogP contribution in [0.2, 0.25) is 5.82 Å². The summed E-state index contributed by atoms with van der Waals surface area (Å²) in [7, 11) is 3.90. The first-order chi connectivity index (χ1) is 27.3. The van der Waals surface area contributed by atoms with Crippen LogP contribution in [-0.4, -0.2) is 92.9 Å². The third-order valence-corrected chi connectivity index (χ3v) is 11.6. The number of aliphatic hydroxyl groups is 1. The Bertz CT molecular complexity index is 2010. The fourth-order valence-corrected chi connectivity index (χ4v) is 8.26. The zero-order chi connectivity index (χ0) is 40.7. The second-order valence-corrected chi connectivity index (χ2v) is 16.8. The molecule has 0 spiro atoms. The molecule has 1 saturated heterocycles. The summed E-state index contributed by atoms with van der Waals surface area (Å²) in [5.74, 6) is -0.254. The van der Waals surface area contributed by atoms with Gasteiger partial charge in [-0.2, -0.15) is 0 Å². The summed E-state index contributed by atoms with van der Waals surface area (Å²) in [5, 5.41) is 22.0. The molecular weight excluding hydrogens is 741 g/mol. The van der Waals surface area contributed by atoms with Crippen molar-refractivity contribution in [1.82, 2.24) is 46.1 Å². The summed E-state index contributed by atoms with van der Waals surface area (Å²) in [4.78, 5) is 55.9. The molecule has 1 saturated carbocycles. The lowest BCUT2D eigenvalue weighted by Crippen LogP contribution is -2.57. The summed E-state index contributed by atoms with van der Waals surface area (Å²) in [5.41, 5.74) is 9.21. The van der Waals surface area contributed by atoms with Crippen molar-refractivity contribution >= 4 is 36.5 Å². The molecule has 0 unspecified atom stereocenters. The molecule has 4 heterocycles. The fourth-order valence-electron chi connectivity index (χ4n) is 7.44. The van der Waals surface area contributed by atoms with Gasteiger partial charge in [-0.15, -0.1) is 11.3 Å². The number of carbonyl (C=O) groups is 3. The number of nitrogens with one attached hydrogen (secondary N) is 4. The minimum Gasteiger partial charge on any atom is -0.444 e. The molecule has 1 aromatic carbocycles. The van der Waals surface area contributed by atoms with Crippen LogP contribution in [0.4, 0.5) is 0 Å². The molecule has 0 bridgehead atoms. The molecule has 2 fully saturated rings. The predicted octanol–water partition coefficient (Wildman–Crippen LogP) is 4.83. The van der Waals surface area contributed by atoms with Crippen LogP contribution in [0.3, 0.4) is 0 Å². The number of aliphatic hydroxyl groups excluding tert-OH is 1. The van der Waals surface area contributed by atoms with E-state index in [1.54, 1.807) is 40.8 Å². The van der Waals surface area contributed by atoms with Crippen LogP contribution in [-0.2, 0) is 16.1 Å². The Morgan fingerprint density at radius 3 is 2.46 bits per heavy atom. The van der Waals surface area contributed by atoms with E-state index < -0.39 is 23.6 Å². The van der Waals surface area contributed by atoms with Crippen molar-refractivity contribution in [3.63, 3.8) is 0 Å². The Kier molecular flexibility index (Phi) is 13.6. The minimum atomic E-state index is -0.777. The average Bonchev–Trinajstić information content (AvgIpc) is 3.97. The minimum absolute atomic E-state index is 0.109. The van der Waals surface area contributed by atoms with E-state index in [0.29, 0.717) is 18.1 Å². The zero-order valence-electron chi connectivity index (χ0n) is 33.5. The molecule has 57 heavy (non-hydrogen) atoms. The number of pyridine rings is 1. The van der Waals surface area contributed by atoms with Gasteiger partial charge in [0.2, 0.25) is 25.1 Å². The first kappa shape index (κ1) is 41.7. The number of aryl methyl sites for hydroxylation is 1. The summed E-state index contributed by atoms with van der Waals surface area (Å²) >= 11 is 1.60. The zero-order valence-corrected chi connectivity index (χ0v) is 34.3. The van der Waals surface area contributed by atoms with Crippen LogP contribution in [0.1, 0.15) is 81.5 Å². The molecule has 2 aliphatic rings. The second-order valence-electron chi connectivity index (χ2n) is 15.9. The third kappa shape index (κ3) is 10.5. The van der Waals surface area contributed by atoms with Gasteiger partial charge in [-0.25, -0.2) is 15.4 Å². The Hall–Kier alpha value is -4.90. The Balaban J connectivity index is 0.990. The molecule has 4 aromatic rings. The van der Waals surface area contributed by atoms with Crippen molar-refractivity contribution in [2.24, 2.45) is 5.41 Å². The van der Waals surface area contributed by atoms with Gasteiger partial charge in [-0.05, 0) is 55.4 Å². The van der Waals surface area contributed by atoms with E-state index in [9.17, 15) is 19.5 Å². The number of β-amino-alcohol motifs (C(OH)–C–C–N with tert-alkyl or cyclic N) is 1. The number of likely N-dealkylation sites (tertiary alicyclic amines) is 1. The number of oxazole rings is 1. The van der Waals surface area contributed by atoms with E-state index in [4.69, 9.17) is 4.42 Å². The quantitative estimate of drug-likeness (QED) is 0.0873. The lowest BCUT2D eigenvalue weighted by molar-refractivity contribution is -0.141. The molecule has 6 rings (SSSR count).